The van der Waals surface area contributed by atoms with Crippen molar-refractivity contribution < 1.29 is 13.7 Å². The molecule has 0 aliphatic heterocycles. The van der Waals surface area contributed by atoms with Crippen LogP contribution in [0.4, 0.5) is 21.6 Å². The maximum atomic E-state index is 13.6. The Morgan fingerprint density at radius 1 is 1.22 bits per heavy atom. The highest BCUT2D eigenvalue weighted by Gasteiger charge is 2.10. The van der Waals surface area contributed by atoms with Crippen LogP contribution >= 0.6 is 0 Å². The Balaban J connectivity index is 1.69. The van der Waals surface area contributed by atoms with E-state index in [4.69, 9.17) is 4.52 Å². The van der Waals surface area contributed by atoms with Crippen LogP contribution in [0.15, 0.2) is 53.2 Å². The summed E-state index contributed by atoms with van der Waals surface area (Å²) in [6, 6.07) is 11.1. The second kappa shape index (κ2) is 6.27. The van der Waals surface area contributed by atoms with Crippen LogP contribution < -0.4 is 10.6 Å². The van der Waals surface area contributed by atoms with Crippen molar-refractivity contribution in [2.24, 2.45) is 0 Å². The Hall–Kier alpha value is -3.22. The van der Waals surface area contributed by atoms with Gasteiger partial charge in [-0.1, -0.05) is 17.3 Å². The van der Waals surface area contributed by atoms with E-state index in [2.05, 4.69) is 20.8 Å². The monoisotopic (exact) mass is 312 g/mol. The van der Waals surface area contributed by atoms with Crippen molar-refractivity contribution in [2.75, 3.05) is 10.6 Å². The van der Waals surface area contributed by atoms with Crippen LogP contribution in [0.25, 0.3) is 0 Å². The molecule has 0 aliphatic carbocycles. The molecule has 0 bridgehead atoms. The van der Waals surface area contributed by atoms with Crippen LogP contribution in [0.2, 0.25) is 0 Å². The molecule has 0 atom stereocenters. The number of pyridine rings is 1. The molecule has 2 aromatic heterocycles. The van der Waals surface area contributed by atoms with Gasteiger partial charge >= 0.3 is 0 Å². The smallest absolute Gasteiger partial charge is 0.275 e. The Morgan fingerprint density at radius 2 is 2.04 bits per heavy atom. The first-order chi connectivity index (χ1) is 11.1. The molecule has 0 spiro atoms. The molecular formula is C16H13FN4O2. The molecule has 2 N–H and O–H groups in total. The number of halogens is 1. The van der Waals surface area contributed by atoms with E-state index in [0.717, 1.165) is 0 Å². The number of amides is 1. The molecule has 0 unspecified atom stereocenters. The van der Waals surface area contributed by atoms with Gasteiger partial charge in [-0.05, 0) is 31.2 Å². The van der Waals surface area contributed by atoms with E-state index in [0.29, 0.717) is 23.0 Å². The molecule has 2 heterocycles. The number of nitrogens with one attached hydrogen (secondary N) is 2. The lowest BCUT2D eigenvalue weighted by Crippen LogP contribution is -2.13. The van der Waals surface area contributed by atoms with Gasteiger partial charge in [-0.15, -0.1) is 0 Å². The van der Waals surface area contributed by atoms with Crippen LogP contribution in [0.5, 0.6) is 0 Å². The van der Waals surface area contributed by atoms with E-state index < -0.39 is 5.91 Å². The summed E-state index contributed by atoms with van der Waals surface area (Å²) >= 11 is 0. The number of benzene rings is 1. The van der Waals surface area contributed by atoms with Gasteiger partial charge in [-0.25, -0.2) is 9.37 Å². The fourth-order valence-corrected chi connectivity index (χ4v) is 1.93. The van der Waals surface area contributed by atoms with Gasteiger partial charge in [0.1, 0.15) is 17.3 Å². The molecule has 23 heavy (non-hydrogen) atoms. The molecule has 1 amide bonds. The Morgan fingerprint density at radius 3 is 2.70 bits per heavy atom. The zero-order valence-corrected chi connectivity index (χ0v) is 12.2. The molecule has 0 saturated heterocycles. The number of carbonyl (C=O) groups excluding carboxylic acids is 1. The quantitative estimate of drug-likeness (QED) is 0.770. The van der Waals surface area contributed by atoms with E-state index >= 15 is 0 Å². The zero-order valence-electron chi connectivity index (χ0n) is 12.2. The summed E-state index contributed by atoms with van der Waals surface area (Å²) in [5, 5.41) is 9.14. The van der Waals surface area contributed by atoms with Crippen molar-refractivity contribution in [1.29, 1.82) is 0 Å². The van der Waals surface area contributed by atoms with E-state index in [9.17, 15) is 9.18 Å². The van der Waals surface area contributed by atoms with Crippen molar-refractivity contribution in [3.63, 3.8) is 0 Å². The third-order valence-electron chi connectivity index (χ3n) is 3.02. The third kappa shape index (κ3) is 3.52. The fourth-order valence-electron chi connectivity index (χ4n) is 1.93. The van der Waals surface area contributed by atoms with Gasteiger partial charge in [0.15, 0.2) is 5.82 Å². The van der Waals surface area contributed by atoms with Crippen LogP contribution in [-0.4, -0.2) is 16.0 Å². The number of hydrogen-bond acceptors (Lipinski definition) is 5. The van der Waals surface area contributed by atoms with Crippen LogP contribution in [0, 0.1) is 12.7 Å². The second-order valence-corrected chi connectivity index (χ2v) is 4.81. The van der Waals surface area contributed by atoms with Gasteiger partial charge in [-0.3, -0.25) is 4.79 Å². The summed E-state index contributed by atoms with van der Waals surface area (Å²) in [5.74, 6) is 0.145. The predicted molar refractivity (Wildman–Crippen MR) is 83.1 cm³/mol. The minimum Gasteiger partial charge on any atom is -0.360 e. The third-order valence-corrected chi connectivity index (χ3v) is 3.02. The number of para-hydroxylation sites is 1. The molecule has 0 fully saturated rings. The van der Waals surface area contributed by atoms with Crippen LogP contribution in [-0.2, 0) is 0 Å². The lowest BCUT2D eigenvalue weighted by Gasteiger charge is -2.07. The first-order valence-corrected chi connectivity index (χ1v) is 6.84. The molecule has 7 heteroatoms. The number of aromatic nitrogens is 2. The molecule has 3 aromatic rings. The first kappa shape index (κ1) is 14.7. The first-order valence-electron chi connectivity index (χ1n) is 6.84. The summed E-state index contributed by atoms with van der Waals surface area (Å²) in [6.45, 7) is 1.73. The number of anilines is 3. The van der Waals surface area contributed by atoms with E-state index in [1.165, 1.54) is 18.3 Å². The molecule has 0 radical (unpaired) electrons. The maximum absolute atomic E-state index is 13.6. The SMILES string of the molecule is Cc1cc(NC(=O)c2ccc(Nc3ccccc3F)cn2)no1. The highest BCUT2D eigenvalue weighted by molar-refractivity contribution is 6.02. The molecule has 0 aliphatic rings. The minimum atomic E-state index is -0.407. The lowest BCUT2D eigenvalue weighted by atomic mass is 10.2. The molecule has 3 rings (SSSR count). The average Bonchev–Trinajstić information content (AvgIpc) is 2.95. The Bertz CT molecular complexity index is 830. The summed E-state index contributed by atoms with van der Waals surface area (Å²) in [7, 11) is 0. The number of aryl methyl sites for hydroxylation is 1. The van der Waals surface area contributed by atoms with Gasteiger partial charge in [0.2, 0.25) is 0 Å². The maximum Gasteiger partial charge on any atom is 0.275 e. The second-order valence-electron chi connectivity index (χ2n) is 4.81. The van der Waals surface area contributed by atoms with E-state index in [1.807, 2.05) is 0 Å². The van der Waals surface area contributed by atoms with Gasteiger partial charge in [0, 0.05) is 6.07 Å². The standard InChI is InChI=1S/C16H13FN4O2/c1-10-8-15(21-23-10)20-16(22)14-7-6-11(9-18-14)19-13-5-3-2-4-12(13)17/h2-9,19H,1H3,(H,20,21,22). The minimum absolute atomic E-state index is 0.213. The largest absolute Gasteiger partial charge is 0.360 e. The van der Waals surface area contributed by atoms with E-state index in [-0.39, 0.29) is 11.5 Å². The number of rotatable bonds is 4. The van der Waals surface area contributed by atoms with Gasteiger partial charge in [-0.2, -0.15) is 0 Å². The van der Waals surface area contributed by atoms with Crippen molar-refractivity contribution in [3.8, 4) is 0 Å². The molecule has 1 aromatic carbocycles. The van der Waals surface area contributed by atoms with Crippen molar-refractivity contribution in [1.82, 2.24) is 10.1 Å². The highest BCUT2D eigenvalue weighted by Crippen LogP contribution is 2.19. The molecule has 116 valence electrons. The molecular weight excluding hydrogens is 299 g/mol. The normalized spacial score (nSPS) is 10.3. The fraction of sp³-hybridized carbons (Fsp3) is 0.0625. The lowest BCUT2D eigenvalue weighted by molar-refractivity contribution is 0.102. The van der Waals surface area contributed by atoms with Crippen LogP contribution in [0.3, 0.4) is 0 Å². The van der Waals surface area contributed by atoms with Crippen LogP contribution in [0.1, 0.15) is 16.2 Å². The summed E-state index contributed by atoms with van der Waals surface area (Å²) < 4.78 is 18.4. The van der Waals surface area contributed by atoms with Gasteiger partial charge in [0.05, 0.1) is 17.6 Å². The predicted octanol–water partition coefficient (Wildman–Crippen LogP) is 3.51. The van der Waals surface area contributed by atoms with Gasteiger partial charge < -0.3 is 15.2 Å². The Kier molecular flexibility index (Phi) is 4.01. The summed E-state index contributed by atoms with van der Waals surface area (Å²) in [6.07, 6.45) is 1.45. The van der Waals surface area contributed by atoms with Crippen molar-refractivity contribution >= 4 is 23.1 Å². The Labute approximate surface area is 131 Å². The van der Waals surface area contributed by atoms with E-state index in [1.54, 1.807) is 37.3 Å². The summed E-state index contributed by atoms with van der Waals surface area (Å²) in [4.78, 5) is 16.1. The molecule has 0 saturated carbocycles. The number of nitrogens with zero attached hydrogens (tertiary/aromatic N) is 2. The zero-order chi connectivity index (χ0) is 16.2. The topological polar surface area (TPSA) is 80.0 Å². The molecule has 6 nitrogen and oxygen atoms in total. The number of hydrogen-bond donors (Lipinski definition) is 2. The van der Waals surface area contributed by atoms with Gasteiger partial charge in [0.25, 0.3) is 5.91 Å². The average molecular weight is 312 g/mol. The highest BCUT2D eigenvalue weighted by atomic mass is 19.1. The van der Waals surface area contributed by atoms with Crippen molar-refractivity contribution in [3.05, 3.63) is 65.9 Å². The summed E-state index contributed by atoms with van der Waals surface area (Å²) in [5.41, 5.74) is 1.12. The van der Waals surface area contributed by atoms with Crippen molar-refractivity contribution in [2.45, 2.75) is 6.92 Å². The number of carbonyl (C=O) groups is 1.